The average molecular weight is 367 g/mol. The number of carbonyl (C=O) groups is 3. The van der Waals surface area contributed by atoms with Crippen LogP contribution >= 0.6 is 0 Å². The first-order chi connectivity index (χ1) is 12.1. The quantitative estimate of drug-likeness (QED) is 0.609. The summed E-state index contributed by atoms with van der Waals surface area (Å²) in [5, 5.41) is 4.71. The number of nitrogens with zero attached hydrogens (tertiary/aromatic N) is 1. The molecule has 0 fully saturated rings. The largest absolute Gasteiger partial charge is 0.464 e. The molecule has 0 aromatic carbocycles. The maximum absolute atomic E-state index is 13.8. The van der Waals surface area contributed by atoms with E-state index in [1.165, 1.54) is 20.1 Å². The topological polar surface area (TPSA) is 107 Å². The predicted molar refractivity (Wildman–Crippen MR) is 90.5 cm³/mol. The number of esters is 1. The minimum absolute atomic E-state index is 0.100. The Morgan fingerprint density at radius 1 is 1.27 bits per heavy atom. The van der Waals surface area contributed by atoms with E-state index in [2.05, 4.69) is 20.4 Å². The van der Waals surface area contributed by atoms with Gasteiger partial charge < -0.3 is 20.1 Å². The van der Waals surface area contributed by atoms with Gasteiger partial charge >= 0.3 is 12.1 Å². The van der Waals surface area contributed by atoms with E-state index < -0.39 is 29.4 Å². The molecule has 1 aromatic heterocycles. The molecule has 0 aliphatic heterocycles. The smallest absolute Gasteiger partial charge is 0.407 e. The minimum atomic E-state index is -0.790. The number of pyridine rings is 1. The fourth-order valence-electron chi connectivity index (χ4n) is 1.77. The zero-order valence-corrected chi connectivity index (χ0v) is 15.3. The second-order valence-corrected chi connectivity index (χ2v) is 6.17. The van der Waals surface area contributed by atoms with Crippen molar-refractivity contribution in [1.29, 1.82) is 0 Å². The summed E-state index contributed by atoms with van der Waals surface area (Å²) < 4.78 is 23.3. The summed E-state index contributed by atoms with van der Waals surface area (Å²) in [7, 11) is 1.17. The maximum Gasteiger partial charge on any atom is 0.407 e. The minimum Gasteiger partial charge on any atom is -0.464 e. The monoisotopic (exact) mass is 367 g/mol. The third kappa shape index (κ3) is 6.88. The van der Waals surface area contributed by atoms with E-state index in [1.54, 1.807) is 20.8 Å². The van der Waals surface area contributed by atoms with Crippen LogP contribution in [0.4, 0.5) is 9.18 Å². The summed E-state index contributed by atoms with van der Waals surface area (Å²) in [6.07, 6.45) is 0.644. The number of rotatable bonds is 5. The van der Waals surface area contributed by atoms with E-state index in [0.29, 0.717) is 0 Å². The van der Waals surface area contributed by atoms with E-state index in [-0.39, 0.29) is 23.6 Å². The molecule has 1 rings (SSSR count). The Hall–Kier alpha value is -2.97. The highest BCUT2D eigenvalue weighted by Gasteiger charge is 2.18. The molecule has 2 amide bonds. The van der Waals surface area contributed by atoms with Crippen molar-refractivity contribution < 1.29 is 28.2 Å². The fraction of sp³-hybridized carbons (Fsp3) is 0.412. The Balaban J connectivity index is 2.85. The molecule has 0 saturated heterocycles. The Labute approximate surface area is 150 Å². The highest BCUT2D eigenvalue weighted by atomic mass is 19.1. The second-order valence-electron chi connectivity index (χ2n) is 6.17. The molecule has 0 aliphatic rings. The molecule has 0 spiro atoms. The molecule has 8 nitrogen and oxygen atoms in total. The summed E-state index contributed by atoms with van der Waals surface area (Å²) in [4.78, 5) is 39.2. The van der Waals surface area contributed by atoms with Crippen LogP contribution in [0, 0.1) is 5.82 Å². The van der Waals surface area contributed by atoms with E-state index in [0.717, 1.165) is 12.1 Å². The number of ether oxygens (including phenoxy) is 2. The molecule has 142 valence electrons. The van der Waals surface area contributed by atoms with Gasteiger partial charge in [-0.2, -0.15) is 0 Å². The van der Waals surface area contributed by atoms with Crippen LogP contribution in [0.3, 0.4) is 0 Å². The number of hydrogen-bond acceptors (Lipinski definition) is 6. The second kappa shape index (κ2) is 8.93. The normalized spacial score (nSPS) is 11.5. The third-order valence-corrected chi connectivity index (χ3v) is 2.83. The highest BCUT2D eigenvalue weighted by molar-refractivity contribution is 5.99. The van der Waals surface area contributed by atoms with Crippen LogP contribution in [0.2, 0.25) is 0 Å². The molecule has 0 atom stereocenters. The van der Waals surface area contributed by atoms with Gasteiger partial charge in [0, 0.05) is 6.07 Å². The van der Waals surface area contributed by atoms with Crippen LogP contribution < -0.4 is 10.6 Å². The van der Waals surface area contributed by atoms with Gasteiger partial charge in [0.1, 0.15) is 22.8 Å². The average Bonchev–Trinajstić information content (AvgIpc) is 2.55. The van der Waals surface area contributed by atoms with Crippen LogP contribution in [0.25, 0.3) is 0 Å². The summed E-state index contributed by atoms with van der Waals surface area (Å²) in [6.45, 7) is 6.50. The Morgan fingerprint density at radius 2 is 1.92 bits per heavy atom. The molecule has 0 radical (unpaired) electrons. The highest BCUT2D eigenvalue weighted by Crippen LogP contribution is 2.08. The first-order valence-corrected chi connectivity index (χ1v) is 7.75. The number of nitrogens with one attached hydrogen (secondary N) is 2. The lowest BCUT2D eigenvalue weighted by molar-refractivity contribution is -0.136. The number of hydrogen-bond donors (Lipinski definition) is 2. The maximum atomic E-state index is 13.8. The standard InChI is InChI=1S/C17H22FN3O5/c1-6-12(15(23)25-5)21-14(22)13-8-10(18)7-11(20-13)9-19-16(24)26-17(2,3)4/h6-8H,9H2,1-5H3,(H,19,24)(H,21,22)/b12-6+. The Morgan fingerprint density at radius 3 is 2.46 bits per heavy atom. The summed E-state index contributed by atoms with van der Waals surface area (Å²) in [5.41, 5.74) is -0.923. The first-order valence-electron chi connectivity index (χ1n) is 7.75. The van der Waals surface area contributed by atoms with Gasteiger partial charge in [-0.25, -0.2) is 19.0 Å². The van der Waals surface area contributed by atoms with Crippen molar-refractivity contribution in [3.63, 3.8) is 0 Å². The van der Waals surface area contributed by atoms with Gasteiger partial charge in [-0.3, -0.25) is 4.79 Å². The van der Waals surface area contributed by atoms with Crippen LogP contribution in [0.15, 0.2) is 23.9 Å². The predicted octanol–water partition coefficient (Wildman–Crippen LogP) is 2.05. The number of amides is 2. The van der Waals surface area contributed by atoms with Crippen molar-refractivity contribution >= 4 is 18.0 Å². The van der Waals surface area contributed by atoms with Gasteiger partial charge in [-0.1, -0.05) is 6.08 Å². The lowest BCUT2D eigenvalue weighted by atomic mass is 10.2. The number of halogens is 1. The lowest BCUT2D eigenvalue weighted by Gasteiger charge is -2.19. The van der Waals surface area contributed by atoms with Gasteiger partial charge in [0.25, 0.3) is 5.91 Å². The molecular weight excluding hydrogens is 345 g/mol. The first kappa shape index (κ1) is 21.1. The number of aromatic nitrogens is 1. The molecule has 2 N–H and O–H groups in total. The van der Waals surface area contributed by atoms with Crippen molar-refractivity contribution in [3.05, 3.63) is 41.1 Å². The van der Waals surface area contributed by atoms with Gasteiger partial charge in [0.2, 0.25) is 0 Å². The number of carbonyl (C=O) groups excluding carboxylic acids is 3. The molecule has 26 heavy (non-hydrogen) atoms. The number of methoxy groups -OCH3 is 1. The Kier molecular flexibility index (Phi) is 7.24. The number of allylic oxidation sites excluding steroid dienone is 1. The van der Waals surface area contributed by atoms with Gasteiger partial charge in [0.05, 0.1) is 19.3 Å². The molecule has 0 aliphatic carbocycles. The zero-order chi connectivity index (χ0) is 19.9. The van der Waals surface area contributed by atoms with Crippen LogP contribution in [-0.2, 0) is 20.8 Å². The fourth-order valence-corrected chi connectivity index (χ4v) is 1.77. The van der Waals surface area contributed by atoms with E-state index >= 15 is 0 Å². The van der Waals surface area contributed by atoms with Crippen LogP contribution in [0.5, 0.6) is 0 Å². The summed E-state index contributed by atoms with van der Waals surface area (Å²) in [6, 6.07) is 1.99. The zero-order valence-electron chi connectivity index (χ0n) is 15.3. The molecule has 0 saturated carbocycles. The van der Waals surface area contributed by atoms with Crippen molar-refractivity contribution in [2.75, 3.05) is 7.11 Å². The third-order valence-electron chi connectivity index (χ3n) is 2.83. The summed E-state index contributed by atoms with van der Waals surface area (Å²) >= 11 is 0. The van der Waals surface area contributed by atoms with E-state index in [1.807, 2.05) is 0 Å². The molecule has 1 aromatic rings. The number of alkyl carbamates (subject to hydrolysis) is 1. The van der Waals surface area contributed by atoms with Crippen molar-refractivity contribution in [3.8, 4) is 0 Å². The van der Waals surface area contributed by atoms with Gasteiger partial charge in [-0.05, 0) is 33.8 Å². The molecule has 0 unspecified atom stereocenters. The van der Waals surface area contributed by atoms with E-state index in [9.17, 15) is 18.8 Å². The van der Waals surface area contributed by atoms with Crippen molar-refractivity contribution in [2.45, 2.75) is 39.8 Å². The van der Waals surface area contributed by atoms with Crippen molar-refractivity contribution in [1.82, 2.24) is 15.6 Å². The Bertz CT molecular complexity index is 726. The van der Waals surface area contributed by atoms with E-state index in [4.69, 9.17) is 4.74 Å². The summed E-state index contributed by atoms with van der Waals surface area (Å²) in [5.74, 6) is -2.25. The van der Waals surface area contributed by atoms with Gasteiger partial charge in [-0.15, -0.1) is 0 Å². The molecular formula is C17H22FN3O5. The lowest BCUT2D eigenvalue weighted by Crippen LogP contribution is -2.32. The SMILES string of the molecule is C/C=C(/NC(=O)c1cc(F)cc(CNC(=O)OC(C)(C)C)n1)C(=O)OC. The van der Waals surface area contributed by atoms with Crippen LogP contribution in [0.1, 0.15) is 43.9 Å². The molecule has 9 heteroatoms. The van der Waals surface area contributed by atoms with Crippen molar-refractivity contribution in [2.24, 2.45) is 0 Å². The molecule has 1 heterocycles. The molecule has 0 bridgehead atoms. The van der Waals surface area contributed by atoms with Gasteiger partial charge in [0.15, 0.2) is 0 Å². The van der Waals surface area contributed by atoms with Crippen LogP contribution in [-0.4, -0.2) is 35.7 Å².